The molecular weight excluding hydrogens is 550 g/mol. The minimum absolute atomic E-state index is 0.0491. The number of aliphatic hydroxyl groups is 7. The summed E-state index contributed by atoms with van der Waals surface area (Å²) in [6, 6.07) is 0. The first-order valence-electron chi connectivity index (χ1n) is 12.3. The Morgan fingerprint density at radius 3 is 2.15 bits per heavy atom. The molecule has 3 aromatic heterocycles. The van der Waals surface area contributed by atoms with E-state index in [2.05, 4.69) is 40.3 Å². The molecular formula is C21H27N11O9. The summed E-state index contributed by atoms with van der Waals surface area (Å²) in [7, 11) is 0. The van der Waals surface area contributed by atoms with Crippen molar-refractivity contribution in [3.8, 4) is 0 Å². The number of imidazole rings is 2. The number of aliphatic hydroxyl groups excluding tert-OH is 7. The zero-order valence-corrected chi connectivity index (χ0v) is 21.0. The number of azide groups is 1. The molecule has 220 valence electrons. The fraction of sp³-hybridized carbons (Fsp3) is 0.571. The van der Waals surface area contributed by atoms with Gasteiger partial charge in [-0.2, -0.15) is 0 Å². The van der Waals surface area contributed by atoms with Crippen LogP contribution in [0.25, 0.3) is 21.6 Å². The Morgan fingerprint density at radius 2 is 1.54 bits per heavy atom. The van der Waals surface area contributed by atoms with Gasteiger partial charge in [-0.05, 0) is 10.6 Å². The van der Waals surface area contributed by atoms with E-state index in [1.165, 1.54) is 34.5 Å². The summed E-state index contributed by atoms with van der Waals surface area (Å²) in [4.78, 5) is 22.5. The summed E-state index contributed by atoms with van der Waals surface area (Å²) in [5.41, 5.74) is 9.39. The molecule has 0 spiro atoms. The van der Waals surface area contributed by atoms with E-state index in [4.69, 9.17) is 25.2 Å². The summed E-state index contributed by atoms with van der Waals surface area (Å²) < 4.78 is 13.7. The highest BCUT2D eigenvalue weighted by molar-refractivity contribution is 5.80. The van der Waals surface area contributed by atoms with Crippen LogP contribution < -0.4 is 5.32 Å². The van der Waals surface area contributed by atoms with E-state index < -0.39 is 68.4 Å². The number of aliphatic imine (C=N–C) groups is 1. The van der Waals surface area contributed by atoms with Gasteiger partial charge in [0.2, 0.25) is 0 Å². The third kappa shape index (κ3) is 5.20. The van der Waals surface area contributed by atoms with Crippen LogP contribution in [0.5, 0.6) is 0 Å². The number of aromatic nitrogens is 6. The minimum atomic E-state index is -1.25. The average molecular weight is 578 g/mol. The second kappa shape index (κ2) is 12.0. The Hall–Kier alpha value is -3.82. The van der Waals surface area contributed by atoms with Gasteiger partial charge in [0.1, 0.15) is 66.1 Å². The maximum Gasteiger partial charge on any atom is 0.165 e. The van der Waals surface area contributed by atoms with Crippen molar-refractivity contribution in [3.05, 3.63) is 35.1 Å². The monoisotopic (exact) mass is 577 g/mol. The molecule has 0 saturated carbocycles. The first kappa shape index (κ1) is 28.7. The fourth-order valence-corrected chi connectivity index (χ4v) is 4.67. The van der Waals surface area contributed by atoms with Crippen LogP contribution in [0.2, 0.25) is 0 Å². The molecule has 3 aliphatic heterocycles. The fourth-order valence-electron chi connectivity index (χ4n) is 4.67. The molecule has 20 nitrogen and oxygen atoms in total. The third-order valence-electron chi connectivity index (χ3n) is 6.77. The van der Waals surface area contributed by atoms with Crippen LogP contribution in [0.15, 0.2) is 29.1 Å². The van der Waals surface area contributed by atoms with Crippen LogP contribution in [0, 0.1) is 0 Å². The first-order valence-corrected chi connectivity index (χ1v) is 12.3. The first-order chi connectivity index (χ1) is 19.8. The highest BCUT2D eigenvalue weighted by Gasteiger charge is 2.45. The number of fused-ring (bicyclic) bond motifs is 2. The average Bonchev–Trinajstić information content (AvgIpc) is 3.70. The maximum absolute atomic E-state index is 10.0. The molecule has 0 bridgehead atoms. The zero-order chi connectivity index (χ0) is 29.3. The molecule has 0 aromatic carbocycles. The Morgan fingerprint density at radius 1 is 0.902 bits per heavy atom. The number of hydrogen-bond donors (Lipinski definition) is 8. The summed E-state index contributed by atoms with van der Waals surface area (Å²) in [5, 5.41) is 73.9. The lowest BCUT2D eigenvalue weighted by molar-refractivity contribution is -0.0518. The molecule has 20 heteroatoms. The van der Waals surface area contributed by atoms with Crippen molar-refractivity contribution in [1.82, 2.24) is 29.1 Å². The van der Waals surface area contributed by atoms with Gasteiger partial charge in [0.05, 0.1) is 38.8 Å². The molecule has 6 rings (SSSR count). The molecule has 3 aromatic rings. The summed E-state index contributed by atoms with van der Waals surface area (Å²) in [6.45, 7) is -0.642. The van der Waals surface area contributed by atoms with Gasteiger partial charge in [0.15, 0.2) is 23.9 Å². The highest BCUT2D eigenvalue weighted by Crippen LogP contribution is 2.35. The maximum atomic E-state index is 10.0. The molecule has 2 fully saturated rings. The normalized spacial score (nSPS) is 32.5. The van der Waals surface area contributed by atoms with Gasteiger partial charge in [-0.1, -0.05) is 0 Å². The van der Waals surface area contributed by atoms with Gasteiger partial charge in [0.25, 0.3) is 0 Å². The van der Waals surface area contributed by atoms with Crippen LogP contribution in [0.1, 0.15) is 24.3 Å². The number of rotatable bonds is 5. The highest BCUT2D eigenvalue weighted by atomic mass is 16.6. The molecule has 3 aliphatic rings. The number of nitrogens with zero attached hydrogens (tertiary/aromatic N) is 10. The van der Waals surface area contributed by atoms with Gasteiger partial charge < -0.3 is 50.5 Å². The lowest BCUT2D eigenvalue weighted by atomic mass is 10.1. The topological polar surface area (TPSA) is 295 Å². The summed E-state index contributed by atoms with van der Waals surface area (Å²) in [6.07, 6.45) is -4.00. The van der Waals surface area contributed by atoms with E-state index in [9.17, 15) is 25.5 Å². The molecule has 41 heavy (non-hydrogen) atoms. The van der Waals surface area contributed by atoms with Gasteiger partial charge in [0, 0.05) is 4.91 Å². The number of anilines is 1. The Kier molecular flexibility index (Phi) is 8.37. The number of nitrogens with one attached hydrogen (secondary N) is 1. The van der Waals surface area contributed by atoms with E-state index in [1.54, 1.807) is 0 Å². The van der Waals surface area contributed by atoms with Crippen LogP contribution in [0.4, 0.5) is 11.6 Å². The number of hydrogen-bond acceptors (Lipinski definition) is 16. The van der Waals surface area contributed by atoms with E-state index in [0.29, 0.717) is 11.5 Å². The molecule has 0 aliphatic carbocycles. The molecule has 9 atom stereocenters. The summed E-state index contributed by atoms with van der Waals surface area (Å²) >= 11 is 0. The lowest BCUT2D eigenvalue weighted by Gasteiger charge is -2.19. The van der Waals surface area contributed by atoms with Crippen molar-refractivity contribution in [2.75, 3.05) is 25.1 Å². The second-order valence-corrected chi connectivity index (χ2v) is 9.21. The SMILES string of the molecule is OC[C@H]1O[C@@H](n2cnc3c2NC=NC[C@H]3O)[C@H](O)[C@@H]1O.[N-]=[N+]=Nc1ncnc2c1ncn2[C@@H]1O[C@H](CO)[C@@H](O)[C@@H]1O. The van der Waals surface area contributed by atoms with E-state index in [0.717, 1.165) is 0 Å². The largest absolute Gasteiger partial charge is 0.394 e. The zero-order valence-electron chi connectivity index (χ0n) is 21.0. The van der Waals surface area contributed by atoms with Gasteiger partial charge in [-0.25, -0.2) is 19.9 Å². The van der Waals surface area contributed by atoms with Crippen molar-refractivity contribution in [3.63, 3.8) is 0 Å². The molecule has 8 N–H and O–H groups in total. The molecule has 0 amide bonds. The minimum Gasteiger partial charge on any atom is -0.394 e. The number of ether oxygens (including phenoxy) is 2. The van der Waals surface area contributed by atoms with Crippen LogP contribution in [-0.2, 0) is 9.47 Å². The van der Waals surface area contributed by atoms with Crippen LogP contribution >= 0.6 is 0 Å². The van der Waals surface area contributed by atoms with Crippen LogP contribution in [0.3, 0.4) is 0 Å². The van der Waals surface area contributed by atoms with Gasteiger partial charge in [-0.3, -0.25) is 14.1 Å². The van der Waals surface area contributed by atoms with Crippen molar-refractivity contribution in [1.29, 1.82) is 0 Å². The Balaban J connectivity index is 0.000000165. The van der Waals surface area contributed by atoms with Crippen LogP contribution in [-0.4, -0.2) is 128 Å². The van der Waals surface area contributed by atoms with Crippen molar-refractivity contribution >= 4 is 29.1 Å². The van der Waals surface area contributed by atoms with Gasteiger partial charge >= 0.3 is 0 Å². The van der Waals surface area contributed by atoms with Gasteiger partial charge in [-0.15, -0.1) is 0 Å². The second-order valence-electron chi connectivity index (χ2n) is 9.21. The van der Waals surface area contributed by atoms with Crippen molar-refractivity contribution in [2.45, 2.75) is 55.2 Å². The van der Waals surface area contributed by atoms with E-state index >= 15 is 0 Å². The van der Waals surface area contributed by atoms with Crippen molar-refractivity contribution < 1.29 is 45.2 Å². The van der Waals surface area contributed by atoms with Crippen molar-refractivity contribution in [2.24, 2.45) is 10.1 Å². The summed E-state index contributed by atoms with van der Waals surface area (Å²) in [5.74, 6) is 0.488. The standard InChI is InChI=1S/C11H16N4O5.C10H11N7O4/c16-2-6-8(18)9(19)11(20-6)15-4-14-7-5(17)1-12-3-13-10(7)15;11-16-15-8-5-9(13-2-12-8)17(3-14-5)10-7(20)6(19)4(1-18)21-10/h3-6,8-9,11,16-19H,1-2H2,(H,12,13);2-4,6-7,10,18-20H,1H2/t5-,6-,8-,9-,11-;4-,6-,7+,10-/m11/s1. The Bertz CT molecular complexity index is 1440. The molecule has 0 radical (unpaired) electrons. The predicted octanol–water partition coefficient (Wildman–Crippen LogP) is -2.64. The molecule has 0 unspecified atom stereocenters. The quantitative estimate of drug-likeness (QED) is 0.0874. The smallest absolute Gasteiger partial charge is 0.165 e. The third-order valence-corrected chi connectivity index (χ3v) is 6.77. The molecule has 2 saturated heterocycles. The van der Waals surface area contributed by atoms with E-state index in [-0.39, 0.29) is 23.5 Å². The lowest BCUT2D eigenvalue weighted by Crippen LogP contribution is -2.33. The Labute approximate surface area is 229 Å². The van der Waals surface area contributed by atoms with E-state index in [1.807, 2.05) is 0 Å². The predicted molar refractivity (Wildman–Crippen MR) is 134 cm³/mol. The molecule has 6 heterocycles.